The van der Waals surface area contributed by atoms with Crippen LogP contribution in [0.2, 0.25) is 0 Å². The molecule has 0 heterocycles. The number of hydrogen-bond acceptors (Lipinski definition) is 4. The molecule has 1 atom stereocenters. The van der Waals surface area contributed by atoms with Gasteiger partial charge in [-0.1, -0.05) is 25.7 Å². The van der Waals surface area contributed by atoms with E-state index in [0.29, 0.717) is 0 Å². The zero-order chi connectivity index (χ0) is 15.7. The van der Waals surface area contributed by atoms with Crippen LogP contribution in [0.5, 0.6) is 0 Å². The van der Waals surface area contributed by atoms with Crippen molar-refractivity contribution in [2.24, 2.45) is 0 Å². The Hall–Kier alpha value is -0.220. The lowest BCUT2D eigenvalue weighted by Crippen LogP contribution is -2.52. The summed E-state index contributed by atoms with van der Waals surface area (Å²) < 4.78 is 4.96. The molecule has 1 unspecified atom stereocenters. The maximum Gasteiger partial charge on any atom is 0.325 e. The second-order valence-electron chi connectivity index (χ2n) is 6.71. The van der Waals surface area contributed by atoms with E-state index < -0.39 is 5.54 Å². The van der Waals surface area contributed by atoms with E-state index in [0.717, 1.165) is 18.1 Å². The number of rotatable bonds is 9. The van der Waals surface area contributed by atoms with Gasteiger partial charge < -0.3 is 4.74 Å². The van der Waals surface area contributed by atoms with Crippen molar-refractivity contribution in [3.05, 3.63) is 0 Å². The number of thioether (sulfide) groups is 1. The monoisotopic (exact) mass is 315 g/mol. The van der Waals surface area contributed by atoms with E-state index in [-0.39, 0.29) is 12.0 Å². The Morgan fingerprint density at radius 3 is 2.52 bits per heavy atom. The lowest BCUT2D eigenvalue weighted by molar-refractivity contribution is -0.148. The second-order valence-corrected chi connectivity index (χ2v) is 8.12. The Bertz CT molecular complexity index is 303. The molecule has 4 heteroatoms. The molecule has 1 aliphatic rings. The molecule has 1 saturated carbocycles. The van der Waals surface area contributed by atoms with Crippen molar-refractivity contribution in [1.82, 2.24) is 5.32 Å². The van der Waals surface area contributed by atoms with E-state index in [9.17, 15) is 4.79 Å². The Balaban J connectivity index is 2.24. The zero-order valence-electron chi connectivity index (χ0n) is 14.2. The van der Waals surface area contributed by atoms with Crippen LogP contribution in [0, 0.1) is 0 Å². The molecular formula is C17H33NO2S. The van der Waals surface area contributed by atoms with Crippen molar-refractivity contribution in [3.63, 3.8) is 0 Å². The van der Waals surface area contributed by atoms with Gasteiger partial charge in [-0.15, -0.1) is 0 Å². The number of nitrogens with one attached hydrogen (secondary N) is 1. The first kappa shape index (κ1) is 18.8. The number of carbonyl (C=O) groups is 1. The van der Waals surface area contributed by atoms with Gasteiger partial charge in [0.25, 0.3) is 0 Å². The summed E-state index contributed by atoms with van der Waals surface area (Å²) in [5, 5.41) is 4.25. The number of ether oxygens (including phenoxy) is 1. The quantitative estimate of drug-likeness (QED) is 0.512. The highest BCUT2D eigenvalue weighted by atomic mass is 32.2. The first-order valence-electron chi connectivity index (χ1n) is 8.45. The molecule has 124 valence electrons. The first-order valence-corrected chi connectivity index (χ1v) is 9.50. The van der Waals surface area contributed by atoms with Crippen LogP contribution in [0.25, 0.3) is 0 Å². The van der Waals surface area contributed by atoms with Crippen LogP contribution < -0.4 is 5.32 Å². The van der Waals surface area contributed by atoms with Crippen LogP contribution in [-0.2, 0) is 9.53 Å². The van der Waals surface area contributed by atoms with Crippen molar-refractivity contribution in [1.29, 1.82) is 0 Å². The standard InChI is InChI=1S/C17H33NO2S/c1-14(2)18-17(3,16(19)20-4)12-8-9-13-21-15-10-6-5-7-11-15/h14-15,18H,5-13H2,1-4H3. The summed E-state index contributed by atoms with van der Waals surface area (Å²) in [6, 6.07) is 0.283. The van der Waals surface area contributed by atoms with Crippen LogP contribution in [0.15, 0.2) is 0 Å². The Morgan fingerprint density at radius 2 is 1.95 bits per heavy atom. The van der Waals surface area contributed by atoms with Crippen molar-refractivity contribution < 1.29 is 9.53 Å². The van der Waals surface area contributed by atoms with Gasteiger partial charge in [-0.25, -0.2) is 0 Å². The van der Waals surface area contributed by atoms with Crippen molar-refractivity contribution in [2.75, 3.05) is 12.9 Å². The van der Waals surface area contributed by atoms with Crippen LogP contribution >= 0.6 is 11.8 Å². The minimum atomic E-state index is -0.543. The van der Waals surface area contributed by atoms with E-state index in [1.807, 2.05) is 6.92 Å². The smallest absolute Gasteiger partial charge is 0.325 e. The molecule has 0 spiro atoms. The summed E-state index contributed by atoms with van der Waals surface area (Å²) >= 11 is 2.14. The summed E-state index contributed by atoms with van der Waals surface area (Å²) in [6.07, 6.45) is 10.2. The van der Waals surface area contributed by atoms with Crippen LogP contribution in [0.3, 0.4) is 0 Å². The van der Waals surface area contributed by atoms with Gasteiger partial charge in [0.15, 0.2) is 0 Å². The lowest BCUT2D eigenvalue weighted by atomic mass is 9.94. The van der Waals surface area contributed by atoms with Crippen molar-refractivity contribution >= 4 is 17.7 Å². The Labute approximate surface area is 135 Å². The van der Waals surface area contributed by atoms with Gasteiger partial charge >= 0.3 is 5.97 Å². The maximum atomic E-state index is 12.0. The number of methoxy groups -OCH3 is 1. The molecule has 0 aliphatic heterocycles. The van der Waals surface area contributed by atoms with Gasteiger partial charge in [0.2, 0.25) is 0 Å². The van der Waals surface area contributed by atoms with Crippen molar-refractivity contribution in [2.45, 2.75) is 89.0 Å². The molecule has 21 heavy (non-hydrogen) atoms. The predicted octanol–water partition coefficient (Wildman–Crippen LogP) is 4.15. The molecule has 0 bridgehead atoms. The van der Waals surface area contributed by atoms with Crippen LogP contribution in [0.1, 0.15) is 72.1 Å². The SMILES string of the molecule is COC(=O)C(C)(CCCCSC1CCCCC1)NC(C)C. The average Bonchev–Trinajstić information content (AvgIpc) is 2.46. The molecule has 0 saturated heterocycles. The molecule has 0 amide bonds. The Kier molecular flexibility index (Phi) is 8.72. The predicted molar refractivity (Wildman–Crippen MR) is 91.9 cm³/mol. The Morgan fingerprint density at radius 1 is 1.29 bits per heavy atom. The maximum absolute atomic E-state index is 12.0. The molecule has 0 aromatic rings. The van der Waals surface area contributed by atoms with E-state index in [4.69, 9.17) is 4.74 Å². The van der Waals surface area contributed by atoms with E-state index in [2.05, 4.69) is 30.9 Å². The van der Waals surface area contributed by atoms with Gasteiger partial charge in [0.05, 0.1) is 7.11 Å². The van der Waals surface area contributed by atoms with E-state index in [1.54, 1.807) is 0 Å². The molecule has 1 N–H and O–H groups in total. The molecular weight excluding hydrogens is 282 g/mol. The highest BCUT2D eigenvalue weighted by Crippen LogP contribution is 2.29. The van der Waals surface area contributed by atoms with Gasteiger partial charge in [-0.2, -0.15) is 11.8 Å². The third-order valence-electron chi connectivity index (χ3n) is 4.22. The van der Waals surface area contributed by atoms with E-state index >= 15 is 0 Å². The summed E-state index contributed by atoms with van der Waals surface area (Å²) in [5.41, 5.74) is -0.543. The zero-order valence-corrected chi connectivity index (χ0v) is 15.1. The summed E-state index contributed by atoms with van der Waals surface area (Å²) in [4.78, 5) is 12.0. The van der Waals surface area contributed by atoms with Crippen LogP contribution in [-0.4, -0.2) is 35.7 Å². The number of carbonyl (C=O) groups excluding carboxylic acids is 1. The molecule has 0 radical (unpaired) electrons. The number of unbranched alkanes of at least 4 members (excludes halogenated alkanes) is 1. The molecule has 3 nitrogen and oxygen atoms in total. The summed E-state index contributed by atoms with van der Waals surface area (Å²) in [7, 11) is 1.47. The molecule has 0 aromatic carbocycles. The first-order chi connectivity index (χ1) is 9.98. The fourth-order valence-electron chi connectivity index (χ4n) is 3.16. The van der Waals surface area contributed by atoms with Gasteiger partial charge in [0, 0.05) is 11.3 Å². The normalized spacial score (nSPS) is 19.5. The lowest BCUT2D eigenvalue weighted by Gasteiger charge is -2.30. The van der Waals surface area contributed by atoms with Gasteiger partial charge in [-0.05, 0) is 52.2 Å². The molecule has 1 fully saturated rings. The fraction of sp³-hybridized carbons (Fsp3) is 0.941. The van der Waals surface area contributed by atoms with Crippen LogP contribution in [0.4, 0.5) is 0 Å². The third kappa shape index (κ3) is 7.05. The van der Waals surface area contributed by atoms with Gasteiger partial charge in [-0.3, -0.25) is 10.1 Å². The highest BCUT2D eigenvalue weighted by molar-refractivity contribution is 7.99. The third-order valence-corrected chi connectivity index (χ3v) is 5.69. The largest absolute Gasteiger partial charge is 0.468 e. The van der Waals surface area contributed by atoms with E-state index in [1.165, 1.54) is 51.4 Å². The molecule has 1 aliphatic carbocycles. The highest BCUT2D eigenvalue weighted by Gasteiger charge is 2.33. The summed E-state index contributed by atoms with van der Waals surface area (Å²) in [5.74, 6) is 1.08. The summed E-state index contributed by atoms with van der Waals surface area (Å²) in [6.45, 7) is 6.10. The van der Waals surface area contributed by atoms with Crippen molar-refractivity contribution in [3.8, 4) is 0 Å². The minimum Gasteiger partial charge on any atom is -0.468 e. The fourth-order valence-corrected chi connectivity index (χ4v) is 4.53. The number of esters is 1. The minimum absolute atomic E-state index is 0.142. The number of hydrogen-bond donors (Lipinski definition) is 1. The molecule has 1 rings (SSSR count). The average molecular weight is 316 g/mol. The topological polar surface area (TPSA) is 38.3 Å². The van der Waals surface area contributed by atoms with Gasteiger partial charge in [0.1, 0.15) is 5.54 Å². The molecule has 0 aromatic heterocycles. The second kappa shape index (κ2) is 9.73.